The molecule has 0 heterocycles. The van der Waals surface area contributed by atoms with Gasteiger partial charge in [-0.2, -0.15) is 14.7 Å². The van der Waals surface area contributed by atoms with E-state index in [0.29, 0.717) is 12.4 Å². The third-order valence-electron chi connectivity index (χ3n) is 3.14. The molecule has 0 saturated carbocycles. The zero-order valence-corrected chi connectivity index (χ0v) is 14.5. The second kappa shape index (κ2) is 14.6. The fourth-order valence-electron chi connectivity index (χ4n) is 1.93. The lowest BCUT2D eigenvalue weighted by molar-refractivity contribution is 0.331. The lowest BCUT2D eigenvalue weighted by Gasteiger charge is -2.04. The van der Waals surface area contributed by atoms with Crippen LogP contribution in [0.2, 0.25) is 0 Å². The van der Waals surface area contributed by atoms with E-state index < -0.39 is 7.94 Å². The number of hydrogen-bond acceptors (Lipinski definition) is 5. The summed E-state index contributed by atoms with van der Waals surface area (Å²) in [5.41, 5.74) is 0. The van der Waals surface area contributed by atoms with E-state index in [9.17, 15) is 0 Å². The van der Waals surface area contributed by atoms with Gasteiger partial charge in [0, 0.05) is 0 Å². The van der Waals surface area contributed by atoms with Crippen LogP contribution in [0.1, 0.15) is 71.1 Å². The molecule has 0 aliphatic carbocycles. The molecule has 0 spiro atoms. The minimum Gasteiger partial charge on any atom is -0.315 e. The second-order valence-corrected chi connectivity index (χ2v) is 7.95. The Balaban J connectivity index is 2.99. The van der Waals surface area contributed by atoms with Crippen LogP contribution >= 0.6 is 20.0 Å². The minimum atomic E-state index is -3.60. The van der Waals surface area contributed by atoms with E-state index >= 15 is 0 Å². The summed E-state index contributed by atoms with van der Waals surface area (Å²) >= 11 is 1.21. The summed E-state index contributed by atoms with van der Waals surface area (Å²) in [4.78, 5) is 26.3. The second-order valence-electron chi connectivity index (χ2n) is 5.24. The quantitative estimate of drug-likeness (QED) is 0.237. The van der Waals surface area contributed by atoms with Crippen LogP contribution in [-0.4, -0.2) is 33.2 Å². The Morgan fingerprint density at radius 1 is 0.800 bits per heavy atom. The fourth-order valence-corrected chi connectivity index (χ4v) is 3.56. The Kier molecular flexibility index (Phi) is 15.0. The van der Waals surface area contributed by atoms with Gasteiger partial charge in [-0.05, 0) is 18.5 Å². The van der Waals surface area contributed by atoms with Crippen molar-refractivity contribution in [3.63, 3.8) is 0 Å². The molecule has 0 amide bonds. The van der Waals surface area contributed by atoms with E-state index in [1.807, 2.05) is 0 Å². The summed E-state index contributed by atoms with van der Waals surface area (Å²) in [6, 6.07) is 0. The Bertz CT molecular complexity index is 200. The van der Waals surface area contributed by atoms with E-state index in [1.165, 1.54) is 69.8 Å². The summed E-state index contributed by atoms with van der Waals surface area (Å²) in [7, 11) is -3.60. The third kappa shape index (κ3) is 18.6. The van der Waals surface area contributed by atoms with E-state index in [-0.39, 0.29) is 6.16 Å². The summed E-state index contributed by atoms with van der Waals surface area (Å²) in [5.74, 6) is 0.426. The Hall–Kier alpha value is 0.620. The van der Waals surface area contributed by atoms with Crippen molar-refractivity contribution in [3.05, 3.63) is 0 Å². The number of hydrogen-bond donors (Lipinski definition) is 3. The highest BCUT2D eigenvalue weighted by Gasteiger charge is 2.28. The maximum atomic E-state index is 8.76. The van der Waals surface area contributed by atoms with Crippen molar-refractivity contribution in [2.24, 2.45) is 0 Å². The first-order valence-corrected chi connectivity index (χ1v) is 10.6. The SMILES string of the molecule is CCCCCCCCCCCCOSCC[P+](O)(O)O. The molecule has 0 aromatic heterocycles. The van der Waals surface area contributed by atoms with Gasteiger partial charge >= 0.3 is 7.94 Å². The van der Waals surface area contributed by atoms with E-state index in [1.54, 1.807) is 0 Å². The molecule has 0 bridgehead atoms. The maximum absolute atomic E-state index is 8.76. The van der Waals surface area contributed by atoms with Gasteiger partial charge in [0.1, 0.15) is 0 Å². The van der Waals surface area contributed by atoms with Crippen molar-refractivity contribution in [1.82, 2.24) is 0 Å². The molecule has 0 atom stereocenters. The Morgan fingerprint density at radius 2 is 1.30 bits per heavy atom. The van der Waals surface area contributed by atoms with Gasteiger partial charge in [0.05, 0.1) is 12.4 Å². The standard InChI is InChI=1S/C14H32O4PS/c1-2-3-4-5-6-7-8-9-10-11-12-18-20-14-13-19(15,16)17/h15-17H,2-14H2,1H3/q+1. The highest BCUT2D eigenvalue weighted by Crippen LogP contribution is 2.44. The molecule has 6 heteroatoms. The van der Waals surface area contributed by atoms with Gasteiger partial charge in [0.15, 0.2) is 6.16 Å². The van der Waals surface area contributed by atoms with Crippen LogP contribution < -0.4 is 0 Å². The lowest BCUT2D eigenvalue weighted by atomic mass is 10.1. The van der Waals surface area contributed by atoms with Crippen LogP contribution in [0.4, 0.5) is 0 Å². The molecule has 0 radical (unpaired) electrons. The smallest absolute Gasteiger partial charge is 0.315 e. The van der Waals surface area contributed by atoms with Gasteiger partial charge in [-0.25, -0.2) is 0 Å². The van der Waals surface area contributed by atoms with E-state index in [0.717, 1.165) is 6.42 Å². The van der Waals surface area contributed by atoms with Crippen LogP contribution in [0.3, 0.4) is 0 Å². The van der Waals surface area contributed by atoms with E-state index in [2.05, 4.69) is 6.92 Å². The molecule has 0 rings (SSSR count). The molecule has 0 fully saturated rings. The highest BCUT2D eigenvalue weighted by atomic mass is 32.2. The zero-order valence-electron chi connectivity index (χ0n) is 12.8. The van der Waals surface area contributed by atoms with Crippen molar-refractivity contribution in [3.8, 4) is 0 Å². The third-order valence-corrected chi connectivity index (χ3v) is 4.97. The van der Waals surface area contributed by atoms with Crippen molar-refractivity contribution in [1.29, 1.82) is 0 Å². The highest BCUT2D eigenvalue weighted by molar-refractivity contribution is 7.95. The summed E-state index contributed by atoms with van der Waals surface area (Å²) in [5, 5.41) is 0. The molecule has 0 saturated heterocycles. The molecule has 0 aliphatic heterocycles. The average molecular weight is 327 g/mol. The van der Waals surface area contributed by atoms with Crippen LogP contribution in [-0.2, 0) is 4.18 Å². The van der Waals surface area contributed by atoms with Gasteiger partial charge in [-0.1, -0.05) is 64.7 Å². The molecule has 4 nitrogen and oxygen atoms in total. The first-order valence-electron chi connectivity index (χ1n) is 7.87. The van der Waals surface area contributed by atoms with Crippen LogP contribution in [0, 0.1) is 0 Å². The van der Waals surface area contributed by atoms with Gasteiger partial charge in [0.25, 0.3) is 0 Å². The fraction of sp³-hybridized carbons (Fsp3) is 1.00. The molecule has 3 N–H and O–H groups in total. The predicted octanol–water partition coefficient (Wildman–Crippen LogP) is 4.31. The summed E-state index contributed by atoms with van der Waals surface area (Å²) < 4.78 is 5.30. The van der Waals surface area contributed by atoms with Crippen LogP contribution in [0.5, 0.6) is 0 Å². The molecule has 122 valence electrons. The van der Waals surface area contributed by atoms with E-state index in [4.69, 9.17) is 18.9 Å². The average Bonchev–Trinajstić information content (AvgIpc) is 2.38. The number of unbranched alkanes of at least 4 members (excludes halogenated alkanes) is 9. The topological polar surface area (TPSA) is 69.9 Å². The predicted molar refractivity (Wildman–Crippen MR) is 88.7 cm³/mol. The van der Waals surface area contributed by atoms with Crippen LogP contribution in [0.25, 0.3) is 0 Å². The molecule has 0 aromatic carbocycles. The van der Waals surface area contributed by atoms with Crippen molar-refractivity contribution >= 4 is 20.0 Å². The van der Waals surface area contributed by atoms with Crippen LogP contribution in [0.15, 0.2) is 0 Å². The minimum absolute atomic E-state index is 0.00962. The summed E-state index contributed by atoms with van der Waals surface area (Å²) in [6.45, 7) is 2.95. The Labute approximate surface area is 129 Å². The lowest BCUT2D eigenvalue weighted by Crippen LogP contribution is -1.98. The van der Waals surface area contributed by atoms with Crippen molar-refractivity contribution < 1.29 is 18.9 Å². The molecular formula is C14H32O4PS+. The van der Waals surface area contributed by atoms with Gasteiger partial charge in [-0.3, -0.25) is 0 Å². The van der Waals surface area contributed by atoms with Crippen molar-refractivity contribution in [2.45, 2.75) is 71.1 Å². The summed E-state index contributed by atoms with van der Waals surface area (Å²) in [6.07, 6.45) is 13.1. The first-order chi connectivity index (χ1) is 9.56. The first kappa shape index (κ1) is 20.6. The van der Waals surface area contributed by atoms with Gasteiger partial charge < -0.3 is 4.18 Å². The number of rotatable bonds is 15. The molecule has 0 aliphatic rings. The monoisotopic (exact) mass is 327 g/mol. The Morgan fingerprint density at radius 3 is 1.80 bits per heavy atom. The van der Waals surface area contributed by atoms with Gasteiger partial charge in [0.2, 0.25) is 0 Å². The molecular weight excluding hydrogens is 295 g/mol. The molecule has 0 unspecified atom stereocenters. The largest absolute Gasteiger partial charge is 0.404 e. The molecule has 20 heavy (non-hydrogen) atoms. The zero-order chi connectivity index (χ0) is 15.1. The molecule has 0 aromatic rings. The normalized spacial score (nSPS) is 12.0. The van der Waals surface area contributed by atoms with Crippen molar-refractivity contribution in [2.75, 3.05) is 18.5 Å². The maximum Gasteiger partial charge on any atom is 0.404 e. The van der Waals surface area contributed by atoms with Gasteiger partial charge in [-0.15, -0.1) is 0 Å².